The predicted molar refractivity (Wildman–Crippen MR) is 87.8 cm³/mol. The molecule has 1 aromatic heterocycles. The van der Waals surface area contributed by atoms with Crippen molar-refractivity contribution >= 4 is 0 Å². The fourth-order valence-corrected chi connectivity index (χ4v) is 1.99. The third-order valence-corrected chi connectivity index (χ3v) is 3.26. The molecule has 1 atom stereocenters. The van der Waals surface area contributed by atoms with Gasteiger partial charge in [0.05, 0.1) is 5.69 Å². The van der Waals surface area contributed by atoms with E-state index in [1.807, 2.05) is 38.1 Å². The van der Waals surface area contributed by atoms with Gasteiger partial charge in [-0.05, 0) is 25.5 Å². The topological polar surface area (TPSA) is 76.5 Å². The van der Waals surface area contributed by atoms with Gasteiger partial charge >= 0.3 is 0 Å². The molecule has 6 nitrogen and oxygen atoms in total. The molecule has 6 heteroatoms. The second-order valence-electron chi connectivity index (χ2n) is 5.23. The van der Waals surface area contributed by atoms with Gasteiger partial charge in [-0.25, -0.2) is 4.98 Å². The highest BCUT2D eigenvalue weighted by Gasteiger charge is 2.06. The Bertz CT molecular complexity index is 607. The Morgan fingerprint density at radius 2 is 1.91 bits per heavy atom. The van der Waals surface area contributed by atoms with Crippen LogP contribution in [0.2, 0.25) is 0 Å². The van der Waals surface area contributed by atoms with Crippen molar-refractivity contribution in [3.8, 4) is 11.6 Å². The van der Waals surface area contributed by atoms with Crippen molar-refractivity contribution in [1.82, 2.24) is 15.3 Å². The third kappa shape index (κ3) is 5.84. The van der Waals surface area contributed by atoms with Gasteiger partial charge in [0.1, 0.15) is 25.1 Å². The molecule has 0 aliphatic carbocycles. The van der Waals surface area contributed by atoms with Crippen LogP contribution in [0.15, 0.2) is 36.7 Å². The van der Waals surface area contributed by atoms with Gasteiger partial charge in [-0.15, -0.1) is 0 Å². The Morgan fingerprint density at radius 1 is 1.13 bits per heavy atom. The van der Waals surface area contributed by atoms with Crippen LogP contribution in [0.3, 0.4) is 0 Å². The van der Waals surface area contributed by atoms with Crippen molar-refractivity contribution < 1.29 is 14.6 Å². The number of nitrogens with one attached hydrogen (secondary N) is 1. The average molecular weight is 317 g/mol. The summed E-state index contributed by atoms with van der Waals surface area (Å²) in [4.78, 5) is 8.20. The van der Waals surface area contributed by atoms with E-state index in [4.69, 9.17) is 9.47 Å². The highest BCUT2D eigenvalue weighted by molar-refractivity contribution is 5.31. The molecule has 0 radical (unpaired) electrons. The Kier molecular flexibility index (Phi) is 6.77. The van der Waals surface area contributed by atoms with Gasteiger partial charge in [-0.1, -0.05) is 18.2 Å². The number of rotatable bonds is 9. The van der Waals surface area contributed by atoms with E-state index >= 15 is 0 Å². The maximum absolute atomic E-state index is 9.91. The van der Waals surface area contributed by atoms with Crippen LogP contribution in [0.4, 0.5) is 0 Å². The highest BCUT2D eigenvalue weighted by Crippen LogP contribution is 2.16. The monoisotopic (exact) mass is 317 g/mol. The van der Waals surface area contributed by atoms with Crippen LogP contribution in [-0.2, 0) is 0 Å². The van der Waals surface area contributed by atoms with Crippen LogP contribution in [-0.4, -0.2) is 47.5 Å². The predicted octanol–water partition coefficient (Wildman–Crippen LogP) is 1.50. The Hall–Kier alpha value is -2.18. The molecule has 0 aliphatic rings. The van der Waals surface area contributed by atoms with Crippen molar-refractivity contribution in [3.05, 3.63) is 47.9 Å². The standard InChI is InChI=1S/C17H23N3O3/c1-13-5-3-4-6-16(13)23-12-15(21)11-18-9-10-22-17-14(2)19-7-8-20-17/h3-8,15,18,21H,9-12H2,1-2H3. The van der Waals surface area contributed by atoms with Crippen LogP contribution in [0.1, 0.15) is 11.3 Å². The first kappa shape index (κ1) is 17.2. The van der Waals surface area contributed by atoms with E-state index in [9.17, 15) is 5.11 Å². The molecule has 2 N–H and O–H groups in total. The molecule has 0 spiro atoms. The van der Waals surface area contributed by atoms with Gasteiger partial charge < -0.3 is 19.9 Å². The molecule has 1 heterocycles. The number of aromatic nitrogens is 2. The summed E-state index contributed by atoms with van der Waals surface area (Å²) in [6.07, 6.45) is 2.65. The smallest absolute Gasteiger partial charge is 0.235 e. The number of hydrogen-bond donors (Lipinski definition) is 2. The van der Waals surface area contributed by atoms with Crippen LogP contribution in [0.25, 0.3) is 0 Å². The van der Waals surface area contributed by atoms with E-state index in [1.165, 1.54) is 0 Å². The number of ether oxygens (including phenoxy) is 2. The second kappa shape index (κ2) is 9.07. The number of para-hydroxylation sites is 1. The molecule has 0 saturated heterocycles. The Morgan fingerprint density at radius 3 is 2.70 bits per heavy atom. The van der Waals surface area contributed by atoms with E-state index in [0.717, 1.165) is 17.0 Å². The number of benzene rings is 1. The maximum atomic E-state index is 9.91. The molecule has 2 aromatic rings. The van der Waals surface area contributed by atoms with Gasteiger partial charge in [0, 0.05) is 25.5 Å². The summed E-state index contributed by atoms with van der Waals surface area (Å²) in [6.45, 7) is 5.59. The average Bonchev–Trinajstić information content (AvgIpc) is 2.55. The lowest BCUT2D eigenvalue weighted by Crippen LogP contribution is -2.33. The van der Waals surface area contributed by atoms with Gasteiger partial charge in [-0.2, -0.15) is 0 Å². The van der Waals surface area contributed by atoms with Crippen molar-refractivity contribution in [2.24, 2.45) is 0 Å². The first-order valence-corrected chi connectivity index (χ1v) is 7.64. The summed E-state index contributed by atoms with van der Waals surface area (Å²) in [6, 6.07) is 7.75. The van der Waals surface area contributed by atoms with Crippen molar-refractivity contribution in [1.29, 1.82) is 0 Å². The zero-order valence-electron chi connectivity index (χ0n) is 13.5. The fraction of sp³-hybridized carbons (Fsp3) is 0.412. The molecule has 2 rings (SSSR count). The summed E-state index contributed by atoms with van der Waals surface area (Å²) in [7, 11) is 0. The SMILES string of the molecule is Cc1ccccc1OCC(O)CNCCOc1nccnc1C. The van der Waals surface area contributed by atoms with Gasteiger partial charge in [0.2, 0.25) is 5.88 Å². The number of aryl methyl sites for hydroxylation is 2. The molecular weight excluding hydrogens is 294 g/mol. The van der Waals surface area contributed by atoms with Gasteiger partial charge in [-0.3, -0.25) is 4.98 Å². The number of aliphatic hydroxyl groups excluding tert-OH is 1. The van der Waals surface area contributed by atoms with E-state index in [2.05, 4.69) is 15.3 Å². The zero-order valence-corrected chi connectivity index (χ0v) is 13.5. The van der Waals surface area contributed by atoms with E-state index in [-0.39, 0.29) is 6.61 Å². The minimum Gasteiger partial charge on any atom is -0.491 e. The summed E-state index contributed by atoms with van der Waals surface area (Å²) in [5, 5.41) is 13.0. The van der Waals surface area contributed by atoms with Crippen molar-refractivity contribution in [2.45, 2.75) is 20.0 Å². The largest absolute Gasteiger partial charge is 0.491 e. The van der Waals surface area contributed by atoms with Crippen molar-refractivity contribution in [2.75, 3.05) is 26.3 Å². The first-order chi connectivity index (χ1) is 11.2. The Balaban J connectivity index is 1.59. The number of nitrogens with zero attached hydrogens (tertiary/aromatic N) is 2. The van der Waals surface area contributed by atoms with Gasteiger partial charge in [0.25, 0.3) is 0 Å². The van der Waals surface area contributed by atoms with E-state index in [1.54, 1.807) is 12.4 Å². The van der Waals surface area contributed by atoms with Crippen LogP contribution in [0.5, 0.6) is 11.6 Å². The van der Waals surface area contributed by atoms with Gasteiger partial charge in [0.15, 0.2) is 0 Å². The summed E-state index contributed by atoms with van der Waals surface area (Å²) < 4.78 is 11.1. The molecule has 0 saturated carbocycles. The van der Waals surface area contributed by atoms with Crippen LogP contribution < -0.4 is 14.8 Å². The minimum atomic E-state index is -0.576. The normalized spacial score (nSPS) is 12.0. The minimum absolute atomic E-state index is 0.252. The maximum Gasteiger partial charge on any atom is 0.235 e. The van der Waals surface area contributed by atoms with Crippen LogP contribution >= 0.6 is 0 Å². The third-order valence-electron chi connectivity index (χ3n) is 3.26. The van der Waals surface area contributed by atoms with Crippen LogP contribution in [0, 0.1) is 13.8 Å². The number of hydrogen-bond acceptors (Lipinski definition) is 6. The first-order valence-electron chi connectivity index (χ1n) is 7.64. The lowest BCUT2D eigenvalue weighted by molar-refractivity contribution is 0.105. The number of aliphatic hydroxyl groups is 1. The molecule has 124 valence electrons. The molecule has 1 aromatic carbocycles. The van der Waals surface area contributed by atoms with E-state index in [0.29, 0.717) is 25.6 Å². The van der Waals surface area contributed by atoms with E-state index < -0.39 is 6.10 Å². The molecule has 0 bridgehead atoms. The lowest BCUT2D eigenvalue weighted by Gasteiger charge is -2.14. The molecule has 0 amide bonds. The molecule has 1 unspecified atom stereocenters. The summed E-state index contributed by atoms with van der Waals surface area (Å²) in [5.41, 5.74) is 1.82. The second-order valence-corrected chi connectivity index (χ2v) is 5.23. The van der Waals surface area contributed by atoms with Crippen molar-refractivity contribution in [3.63, 3.8) is 0 Å². The fourth-order valence-electron chi connectivity index (χ4n) is 1.99. The summed E-state index contributed by atoms with van der Waals surface area (Å²) >= 11 is 0. The molecular formula is C17H23N3O3. The molecule has 0 aliphatic heterocycles. The Labute approximate surface area is 136 Å². The lowest BCUT2D eigenvalue weighted by atomic mass is 10.2. The highest BCUT2D eigenvalue weighted by atomic mass is 16.5. The molecule has 0 fully saturated rings. The quantitative estimate of drug-likeness (QED) is 0.683. The summed E-state index contributed by atoms with van der Waals surface area (Å²) in [5.74, 6) is 1.34. The zero-order chi connectivity index (χ0) is 16.5. The molecule has 23 heavy (non-hydrogen) atoms.